The Balaban J connectivity index is 1.69. The van der Waals surface area contributed by atoms with Crippen LogP contribution >= 0.6 is 0 Å². The lowest BCUT2D eigenvalue weighted by molar-refractivity contribution is 0.146. The number of nitrogens with one attached hydrogen (secondary N) is 1. The number of nitrogens with zero attached hydrogens (tertiary/aromatic N) is 4. The van der Waals surface area contributed by atoms with Gasteiger partial charge in [-0.25, -0.2) is 36.5 Å². The normalized spacial score (nSPS) is 16.0. The minimum absolute atomic E-state index is 0.0992. The number of pyridine rings is 1. The number of hydrogen-bond donors (Lipinski definition) is 1. The molecule has 1 aromatic carbocycles. The summed E-state index contributed by atoms with van der Waals surface area (Å²) in [5.41, 5.74) is 1.63. The molecule has 2 aromatic heterocycles. The molecule has 7 nitrogen and oxygen atoms in total. The van der Waals surface area contributed by atoms with Crippen LogP contribution in [0.4, 0.5) is 19.0 Å². The first-order chi connectivity index (χ1) is 16.0. The summed E-state index contributed by atoms with van der Waals surface area (Å²) in [6.45, 7) is 4.01. The SMILES string of the molecule is Cc1nc(N[C@H](C)c2cccc(C(F)F)c2F)c2cc(C3=CCN(S(C)(=O)=O)CC3)cnc2n1. The average molecular weight is 492 g/mol. The van der Waals surface area contributed by atoms with Gasteiger partial charge in [0.05, 0.1) is 23.2 Å². The Kier molecular flexibility index (Phi) is 6.59. The third-order valence-electron chi connectivity index (χ3n) is 5.79. The lowest BCUT2D eigenvalue weighted by Crippen LogP contribution is -2.33. The van der Waals surface area contributed by atoms with Crippen LogP contribution in [0, 0.1) is 12.7 Å². The molecule has 0 fully saturated rings. The number of anilines is 1. The third kappa shape index (κ3) is 4.90. The van der Waals surface area contributed by atoms with Crippen molar-refractivity contribution in [3.05, 3.63) is 64.9 Å². The molecule has 180 valence electrons. The number of aromatic nitrogens is 3. The molecule has 0 unspecified atom stereocenters. The van der Waals surface area contributed by atoms with Crippen LogP contribution in [0.3, 0.4) is 0 Å². The Morgan fingerprint density at radius 3 is 2.56 bits per heavy atom. The van der Waals surface area contributed by atoms with Crippen LogP contribution in [0.15, 0.2) is 36.5 Å². The van der Waals surface area contributed by atoms with Gasteiger partial charge in [0.25, 0.3) is 6.43 Å². The predicted molar refractivity (Wildman–Crippen MR) is 124 cm³/mol. The standard InChI is InChI=1S/C23H24F3N5O2S/c1-13(17-5-4-6-18(20(17)24)21(25)26)28-23-19-11-16(12-27-22(19)29-14(2)30-23)15-7-9-31(10-8-15)34(3,32)33/h4-7,11-13,21H,8-10H2,1-3H3,(H,27,28,29,30)/t13-/m1/s1. The van der Waals surface area contributed by atoms with Gasteiger partial charge in [-0.05, 0) is 37.5 Å². The van der Waals surface area contributed by atoms with Crippen molar-refractivity contribution >= 4 is 32.4 Å². The van der Waals surface area contributed by atoms with Gasteiger partial charge in [-0.15, -0.1) is 0 Å². The van der Waals surface area contributed by atoms with Crippen LogP contribution in [-0.4, -0.2) is 47.0 Å². The van der Waals surface area contributed by atoms with Crippen LogP contribution < -0.4 is 5.32 Å². The van der Waals surface area contributed by atoms with Gasteiger partial charge in [0, 0.05) is 24.8 Å². The fraction of sp³-hybridized carbons (Fsp3) is 0.348. The van der Waals surface area contributed by atoms with E-state index in [2.05, 4.69) is 20.3 Å². The number of sulfonamides is 1. The van der Waals surface area contributed by atoms with Crippen LogP contribution in [0.2, 0.25) is 0 Å². The molecule has 1 atom stereocenters. The van der Waals surface area contributed by atoms with Gasteiger partial charge in [-0.2, -0.15) is 4.31 Å². The highest BCUT2D eigenvalue weighted by molar-refractivity contribution is 7.88. The molecule has 1 N–H and O–H groups in total. The topological polar surface area (TPSA) is 88.1 Å². The minimum Gasteiger partial charge on any atom is -0.363 e. The second-order valence-electron chi connectivity index (χ2n) is 8.23. The smallest absolute Gasteiger partial charge is 0.266 e. The van der Waals surface area contributed by atoms with Crippen molar-refractivity contribution in [3.63, 3.8) is 0 Å². The number of aryl methyl sites for hydroxylation is 1. The van der Waals surface area contributed by atoms with Gasteiger partial charge < -0.3 is 5.32 Å². The number of rotatable bonds is 6. The molecular weight excluding hydrogens is 467 g/mol. The Morgan fingerprint density at radius 2 is 1.91 bits per heavy atom. The number of benzene rings is 1. The Labute approximate surface area is 195 Å². The van der Waals surface area contributed by atoms with E-state index in [1.807, 2.05) is 12.1 Å². The molecular formula is C23H24F3N5O2S. The summed E-state index contributed by atoms with van der Waals surface area (Å²) in [5.74, 6) is -0.0977. The summed E-state index contributed by atoms with van der Waals surface area (Å²) >= 11 is 0. The maximum Gasteiger partial charge on any atom is 0.266 e. The van der Waals surface area contributed by atoms with Crippen molar-refractivity contribution < 1.29 is 21.6 Å². The van der Waals surface area contributed by atoms with Gasteiger partial charge in [-0.3, -0.25) is 0 Å². The molecule has 34 heavy (non-hydrogen) atoms. The maximum absolute atomic E-state index is 14.7. The van der Waals surface area contributed by atoms with Crippen molar-refractivity contribution in [1.82, 2.24) is 19.3 Å². The fourth-order valence-corrected chi connectivity index (χ4v) is 4.74. The fourth-order valence-electron chi connectivity index (χ4n) is 3.97. The lowest BCUT2D eigenvalue weighted by atomic mass is 10.0. The van der Waals surface area contributed by atoms with E-state index in [1.54, 1.807) is 20.0 Å². The molecule has 1 aliphatic rings. The first-order valence-electron chi connectivity index (χ1n) is 10.7. The van der Waals surface area contributed by atoms with Gasteiger partial charge in [0.1, 0.15) is 17.5 Å². The van der Waals surface area contributed by atoms with Crippen molar-refractivity contribution in [3.8, 4) is 0 Å². The van der Waals surface area contributed by atoms with E-state index in [0.29, 0.717) is 35.6 Å². The zero-order valence-electron chi connectivity index (χ0n) is 18.9. The molecule has 0 amide bonds. The molecule has 0 radical (unpaired) electrons. The zero-order valence-corrected chi connectivity index (χ0v) is 19.7. The molecule has 0 saturated carbocycles. The monoisotopic (exact) mass is 491 g/mol. The van der Waals surface area contributed by atoms with Gasteiger partial charge in [-0.1, -0.05) is 24.3 Å². The Morgan fingerprint density at radius 1 is 1.18 bits per heavy atom. The molecule has 3 heterocycles. The predicted octanol–water partition coefficient (Wildman–Crippen LogP) is 4.63. The number of halogens is 3. The van der Waals surface area contributed by atoms with E-state index < -0.39 is 33.9 Å². The second-order valence-corrected chi connectivity index (χ2v) is 10.2. The van der Waals surface area contributed by atoms with E-state index in [9.17, 15) is 21.6 Å². The highest BCUT2D eigenvalue weighted by Gasteiger charge is 2.22. The highest BCUT2D eigenvalue weighted by Crippen LogP contribution is 2.31. The summed E-state index contributed by atoms with van der Waals surface area (Å²) in [5, 5.41) is 3.71. The molecule has 3 aromatic rings. The molecule has 0 spiro atoms. The molecule has 0 aliphatic carbocycles. The summed E-state index contributed by atoms with van der Waals surface area (Å²) < 4.78 is 65.9. The first-order valence-corrected chi connectivity index (χ1v) is 12.5. The van der Waals surface area contributed by atoms with Crippen molar-refractivity contribution in [1.29, 1.82) is 0 Å². The van der Waals surface area contributed by atoms with Crippen molar-refractivity contribution in [2.24, 2.45) is 0 Å². The third-order valence-corrected chi connectivity index (χ3v) is 7.06. The van der Waals surface area contributed by atoms with Crippen LogP contribution in [0.25, 0.3) is 16.6 Å². The number of alkyl halides is 2. The summed E-state index contributed by atoms with van der Waals surface area (Å²) in [6.07, 6.45) is 2.32. The van der Waals surface area contributed by atoms with Gasteiger partial charge in [0.15, 0.2) is 5.65 Å². The van der Waals surface area contributed by atoms with E-state index >= 15 is 0 Å². The second kappa shape index (κ2) is 9.30. The largest absolute Gasteiger partial charge is 0.363 e. The summed E-state index contributed by atoms with van der Waals surface area (Å²) in [7, 11) is -3.26. The maximum atomic E-state index is 14.7. The molecule has 1 aliphatic heterocycles. The highest BCUT2D eigenvalue weighted by atomic mass is 32.2. The van der Waals surface area contributed by atoms with Crippen molar-refractivity contribution in [2.75, 3.05) is 24.7 Å². The quantitative estimate of drug-likeness (QED) is 0.541. The Hall–Kier alpha value is -3.05. The van der Waals surface area contributed by atoms with E-state index in [0.717, 1.165) is 17.2 Å². The zero-order chi connectivity index (χ0) is 24.6. The van der Waals surface area contributed by atoms with Crippen molar-refractivity contribution in [2.45, 2.75) is 32.7 Å². The van der Waals surface area contributed by atoms with E-state index in [1.165, 1.54) is 22.7 Å². The molecule has 11 heteroatoms. The minimum atomic E-state index is -3.26. The first kappa shape index (κ1) is 24.1. The average Bonchev–Trinajstić information content (AvgIpc) is 2.78. The summed E-state index contributed by atoms with van der Waals surface area (Å²) in [4.78, 5) is 13.2. The molecule has 4 rings (SSSR count). The Bertz CT molecular complexity index is 1380. The number of hydrogen-bond acceptors (Lipinski definition) is 6. The lowest BCUT2D eigenvalue weighted by Gasteiger charge is -2.24. The van der Waals surface area contributed by atoms with Crippen LogP contribution in [0.1, 0.15) is 48.3 Å². The van der Waals surface area contributed by atoms with Crippen LogP contribution in [0.5, 0.6) is 0 Å². The number of fused-ring (bicyclic) bond motifs is 1. The van der Waals surface area contributed by atoms with Gasteiger partial charge >= 0.3 is 0 Å². The van der Waals surface area contributed by atoms with Crippen LogP contribution in [-0.2, 0) is 10.0 Å². The van der Waals surface area contributed by atoms with E-state index in [4.69, 9.17) is 0 Å². The van der Waals surface area contributed by atoms with Gasteiger partial charge in [0.2, 0.25) is 10.0 Å². The summed E-state index contributed by atoms with van der Waals surface area (Å²) in [6, 6.07) is 5.12. The van der Waals surface area contributed by atoms with E-state index in [-0.39, 0.29) is 12.1 Å². The molecule has 0 bridgehead atoms. The molecule has 0 saturated heterocycles.